The molecule has 2 heterocycles. The SMILES string of the molecule is Cc1cc(CNC(=O)C2(N)C3CCOC3C2(C)C)sc1C. The molecule has 2 fully saturated rings. The number of fused-ring (bicyclic) bond motifs is 1. The van der Waals surface area contributed by atoms with E-state index in [1.54, 1.807) is 11.3 Å². The van der Waals surface area contributed by atoms with Gasteiger partial charge in [0, 0.05) is 27.7 Å². The molecular formula is C16H24N2O2S. The maximum atomic E-state index is 12.7. The number of thiophene rings is 1. The van der Waals surface area contributed by atoms with E-state index in [0.717, 1.165) is 6.42 Å². The molecule has 3 atom stereocenters. The number of nitrogens with one attached hydrogen (secondary N) is 1. The number of amides is 1. The fraction of sp³-hybridized carbons (Fsp3) is 0.688. The summed E-state index contributed by atoms with van der Waals surface area (Å²) in [5.41, 5.74) is 6.68. The van der Waals surface area contributed by atoms with Crippen molar-refractivity contribution < 1.29 is 9.53 Å². The van der Waals surface area contributed by atoms with Crippen LogP contribution in [0.3, 0.4) is 0 Å². The summed E-state index contributed by atoms with van der Waals surface area (Å²) in [4.78, 5) is 15.2. The zero-order valence-corrected chi connectivity index (χ0v) is 14.0. The summed E-state index contributed by atoms with van der Waals surface area (Å²) in [5, 5.41) is 3.04. The minimum Gasteiger partial charge on any atom is -0.377 e. The van der Waals surface area contributed by atoms with Crippen molar-refractivity contribution in [3.05, 3.63) is 21.4 Å². The molecule has 2 aliphatic rings. The van der Waals surface area contributed by atoms with E-state index in [0.29, 0.717) is 13.2 Å². The average molecular weight is 308 g/mol. The van der Waals surface area contributed by atoms with E-state index in [1.165, 1.54) is 15.3 Å². The van der Waals surface area contributed by atoms with Gasteiger partial charge >= 0.3 is 0 Å². The normalized spacial score (nSPS) is 33.4. The first-order valence-corrected chi connectivity index (χ1v) is 8.35. The molecule has 1 aliphatic carbocycles. The van der Waals surface area contributed by atoms with Gasteiger partial charge < -0.3 is 15.8 Å². The second-order valence-corrected chi connectivity index (χ2v) is 8.25. The van der Waals surface area contributed by atoms with Gasteiger partial charge in [0.25, 0.3) is 0 Å². The molecule has 21 heavy (non-hydrogen) atoms. The summed E-state index contributed by atoms with van der Waals surface area (Å²) in [5.74, 6) is 0.113. The summed E-state index contributed by atoms with van der Waals surface area (Å²) in [6.07, 6.45) is 1.01. The molecule has 0 spiro atoms. The van der Waals surface area contributed by atoms with Crippen LogP contribution in [-0.4, -0.2) is 24.2 Å². The molecule has 3 N–H and O–H groups in total. The first-order valence-electron chi connectivity index (χ1n) is 7.53. The van der Waals surface area contributed by atoms with E-state index < -0.39 is 5.54 Å². The van der Waals surface area contributed by atoms with Gasteiger partial charge in [0.1, 0.15) is 5.54 Å². The van der Waals surface area contributed by atoms with Crippen molar-refractivity contribution in [2.75, 3.05) is 6.61 Å². The number of hydrogen-bond acceptors (Lipinski definition) is 4. The highest BCUT2D eigenvalue weighted by molar-refractivity contribution is 7.12. The highest BCUT2D eigenvalue weighted by atomic mass is 32.1. The second-order valence-electron chi connectivity index (χ2n) is 6.91. The van der Waals surface area contributed by atoms with Gasteiger partial charge in [-0.15, -0.1) is 11.3 Å². The Bertz CT molecular complexity index is 561. The van der Waals surface area contributed by atoms with Gasteiger partial charge in [0.2, 0.25) is 5.91 Å². The van der Waals surface area contributed by atoms with Crippen LogP contribution in [-0.2, 0) is 16.1 Å². The van der Waals surface area contributed by atoms with Crippen LogP contribution < -0.4 is 11.1 Å². The minimum absolute atomic E-state index is 0.0389. The minimum atomic E-state index is -0.810. The van der Waals surface area contributed by atoms with Gasteiger partial charge in [-0.05, 0) is 31.9 Å². The number of hydrogen-bond donors (Lipinski definition) is 2. The highest BCUT2D eigenvalue weighted by Gasteiger charge is 2.71. The molecule has 1 aromatic heterocycles. The Balaban J connectivity index is 1.70. The van der Waals surface area contributed by atoms with E-state index in [9.17, 15) is 4.79 Å². The number of carbonyl (C=O) groups is 1. The molecule has 0 aromatic carbocycles. The Kier molecular flexibility index (Phi) is 3.43. The largest absolute Gasteiger partial charge is 0.377 e. The third-order valence-corrected chi connectivity index (χ3v) is 6.62. The zero-order valence-electron chi connectivity index (χ0n) is 13.2. The zero-order chi connectivity index (χ0) is 15.4. The van der Waals surface area contributed by atoms with Crippen LogP contribution in [0.15, 0.2) is 6.07 Å². The van der Waals surface area contributed by atoms with Crippen molar-refractivity contribution >= 4 is 17.2 Å². The first-order chi connectivity index (χ1) is 9.78. The summed E-state index contributed by atoms with van der Waals surface area (Å²) < 4.78 is 5.74. The van der Waals surface area contributed by atoms with Gasteiger partial charge in [-0.25, -0.2) is 0 Å². The predicted octanol–water partition coefficient (Wildman–Crippen LogP) is 2.12. The van der Waals surface area contributed by atoms with Crippen molar-refractivity contribution in [1.29, 1.82) is 0 Å². The van der Waals surface area contributed by atoms with Gasteiger partial charge in [-0.1, -0.05) is 13.8 Å². The number of ether oxygens (including phenoxy) is 1. The summed E-state index contributed by atoms with van der Waals surface area (Å²) >= 11 is 1.73. The molecule has 3 rings (SSSR count). The molecule has 5 heteroatoms. The lowest BCUT2D eigenvalue weighted by atomic mass is 9.48. The molecule has 1 aromatic rings. The molecular weight excluding hydrogens is 284 g/mol. The Hall–Kier alpha value is -0.910. The van der Waals surface area contributed by atoms with E-state index in [-0.39, 0.29) is 23.3 Å². The third kappa shape index (κ3) is 1.98. The Morgan fingerprint density at radius 3 is 2.86 bits per heavy atom. The molecule has 1 amide bonds. The molecule has 3 unspecified atom stereocenters. The van der Waals surface area contributed by atoms with Crippen LogP contribution in [0.5, 0.6) is 0 Å². The fourth-order valence-electron chi connectivity index (χ4n) is 3.90. The van der Waals surface area contributed by atoms with E-state index in [4.69, 9.17) is 10.5 Å². The Labute approximate surface area is 130 Å². The quantitative estimate of drug-likeness (QED) is 0.899. The Morgan fingerprint density at radius 2 is 2.24 bits per heavy atom. The topological polar surface area (TPSA) is 64.4 Å². The van der Waals surface area contributed by atoms with Crippen molar-refractivity contribution in [2.45, 2.75) is 52.3 Å². The lowest BCUT2D eigenvalue weighted by Crippen LogP contribution is -2.80. The van der Waals surface area contributed by atoms with Crippen LogP contribution in [0.1, 0.15) is 35.6 Å². The predicted molar refractivity (Wildman–Crippen MR) is 84.2 cm³/mol. The molecule has 0 bridgehead atoms. The number of aryl methyl sites for hydroxylation is 2. The van der Waals surface area contributed by atoms with Gasteiger partial charge in [-0.3, -0.25) is 4.79 Å². The monoisotopic (exact) mass is 308 g/mol. The van der Waals surface area contributed by atoms with Crippen molar-refractivity contribution in [2.24, 2.45) is 17.1 Å². The van der Waals surface area contributed by atoms with Gasteiger partial charge in [-0.2, -0.15) is 0 Å². The van der Waals surface area contributed by atoms with E-state index in [2.05, 4.69) is 25.2 Å². The lowest BCUT2D eigenvalue weighted by molar-refractivity contribution is -0.175. The molecule has 4 nitrogen and oxygen atoms in total. The highest BCUT2D eigenvalue weighted by Crippen LogP contribution is 2.58. The van der Waals surface area contributed by atoms with Crippen LogP contribution in [0.25, 0.3) is 0 Å². The van der Waals surface area contributed by atoms with Gasteiger partial charge in [0.15, 0.2) is 0 Å². The maximum absolute atomic E-state index is 12.7. The summed E-state index contributed by atoms with van der Waals surface area (Å²) in [7, 11) is 0. The fourth-order valence-corrected chi connectivity index (χ4v) is 4.89. The Morgan fingerprint density at radius 1 is 1.52 bits per heavy atom. The molecule has 116 valence electrons. The van der Waals surface area contributed by atoms with Crippen LogP contribution in [0.4, 0.5) is 0 Å². The van der Waals surface area contributed by atoms with Gasteiger partial charge in [0.05, 0.1) is 12.6 Å². The maximum Gasteiger partial charge on any atom is 0.241 e. The van der Waals surface area contributed by atoms with Crippen LogP contribution in [0.2, 0.25) is 0 Å². The standard InChI is InChI=1S/C16H24N2O2S/c1-9-7-11(21-10(9)2)8-18-14(19)16(17)12-5-6-20-13(12)15(16,3)4/h7,12-13H,5-6,8,17H2,1-4H3,(H,18,19). The third-order valence-electron chi connectivity index (χ3n) is 5.47. The van der Waals surface area contributed by atoms with Crippen LogP contribution >= 0.6 is 11.3 Å². The van der Waals surface area contributed by atoms with Crippen LogP contribution in [0, 0.1) is 25.2 Å². The van der Waals surface area contributed by atoms with Crippen molar-refractivity contribution in [3.63, 3.8) is 0 Å². The van der Waals surface area contributed by atoms with E-state index in [1.807, 2.05) is 13.8 Å². The number of nitrogens with two attached hydrogens (primary N) is 1. The molecule has 1 aliphatic heterocycles. The average Bonchev–Trinajstić information content (AvgIpc) is 3.02. The lowest BCUT2D eigenvalue weighted by Gasteiger charge is -2.60. The number of rotatable bonds is 3. The smallest absolute Gasteiger partial charge is 0.241 e. The van der Waals surface area contributed by atoms with Crippen molar-refractivity contribution in [1.82, 2.24) is 5.32 Å². The number of carbonyl (C=O) groups excluding carboxylic acids is 1. The van der Waals surface area contributed by atoms with Crippen molar-refractivity contribution in [3.8, 4) is 0 Å². The summed E-state index contributed by atoms with van der Waals surface area (Å²) in [6.45, 7) is 9.55. The first kappa shape index (κ1) is 15.0. The summed E-state index contributed by atoms with van der Waals surface area (Å²) in [6, 6.07) is 2.14. The molecule has 1 saturated carbocycles. The second kappa shape index (κ2) is 4.80. The van der Waals surface area contributed by atoms with E-state index >= 15 is 0 Å². The molecule has 1 saturated heterocycles. The molecule has 0 radical (unpaired) electrons.